The smallest absolute Gasteiger partial charge is 0.220 e. The average Bonchev–Trinajstić information content (AvgIpc) is 2.57. The molecule has 0 aliphatic carbocycles. The Balaban J connectivity index is 1.69. The van der Waals surface area contributed by atoms with E-state index in [1.165, 1.54) is 4.90 Å². The highest BCUT2D eigenvalue weighted by Gasteiger charge is 2.24. The molecule has 0 saturated carbocycles. The van der Waals surface area contributed by atoms with Crippen molar-refractivity contribution in [2.75, 3.05) is 38.6 Å². The molecule has 2 rings (SSSR count). The number of carbonyl (C=O) groups excluding carboxylic acids is 1. The van der Waals surface area contributed by atoms with Crippen LogP contribution in [0.4, 0.5) is 0 Å². The monoisotopic (exact) mass is 336 g/mol. The van der Waals surface area contributed by atoms with Gasteiger partial charge in [-0.05, 0) is 18.1 Å². The predicted octanol–water partition coefficient (Wildman–Crippen LogP) is 2.64. The molecule has 1 aromatic rings. The lowest BCUT2D eigenvalue weighted by Gasteiger charge is -2.36. The number of nitrogens with one attached hydrogen (secondary N) is 1. The van der Waals surface area contributed by atoms with E-state index in [0.717, 1.165) is 38.6 Å². The summed E-state index contributed by atoms with van der Waals surface area (Å²) in [4.78, 5) is 15.7. The second kappa shape index (κ2) is 9.96. The fourth-order valence-electron chi connectivity index (χ4n) is 2.78. The molecule has 1 fully saturated rings. The molecule has 1 saturated heterocycles. The van der Waals surface area contributed by atoms with Crippen molar-refractivity contribution in [1.82, 2.24) is 10.2 Å². The minimum atomic E-state index is 0.146. The van der Waals surface area contributed by atoms with Crippen LogP contribution in [0.5, 0.6) is 0 Å². The lowest BCUT2D eigenvalue weighted by Crippen LogP contribution is -2.51. The first-order valence-corrected chi connectivity index (χ1v) is 9.41. The maximum Gasteiger partial charge on any atom is 0.220 e. The fraction of sp³-hybridized carbons (Fsp3) is 0.611. The Morgan fingerprint density at radius 1 is 1.26 bits per heavy atom. The second-order valence-electron chi connectivity index (χ2n) is 6.18. The van der Waals surface area contributed by atoms with E-state index in [2.05, 4.69) is 36.2 Å². The summed E-state index contributed by atoms with van der Waals surface area (Å²) >= 11 is 1.73. The summed E-state index contributed by atoms with van der Waals surface area (Å²) in [5, 5.41) is 3.11. The summed E-state index contributed by atoms with van der Waals surface area (Å²) in [7, 11) is 0. The van der Waals surface area contributed by atoms with Crippen molar-refractivity contribution in [2.24, 2.45) is 5.92 Å². The highest BCUT2D eigenvalue weighted by atomic mass is 32.2. The Labute approximate surface area is 144 Å². The van der Waals surface area contributed by atoms with Crippen LogP contribution in [-0.4, -0.2) is 55.4 Å². The highest BCUT2D eigenvalue weighted by molar-refractivity contribution is 7.99. The van der Waals surface area contributed by atoms with Gasteiger partial charge in [-0.3, -0.25) is 9.69 Å². The number of nitrogens with zero attached hydrogens (tertiary/aromatic N) is 1. The summed E-state index contributed by atoms with van der Waals surface area (Å²) < 4.78 is 5.42. The summed E-state index contributed by atoms with van der Waals surface area (Å²) in [5.74, 6) is 1.49. The SMILES string of the molecule is CC(C)C(CNC(=O)CCSc1ccccc1)N1CCOCC1. The van der Waals surface area contributed by atoms with Gasteiger partial charge < -0.3 is 10.1 Å². The molecule has 128 valence electrons. The van der Waals surface area contributed by atoms with Crippen LogP contribution in [0.1, 0.15) is 20.3 Å². The lowest BCUT2D eigenvalue weighted by atomic mass is 10.0. The van der Waals surface area contributed by atoms with Gasteiger partial charge in [-0.25, -0.2) is 0 Å². The van der Waals surface area contributed by atoms with Crippen molar-refractivity contribution in [1.29, 1.82) is 0 Å². The number of ether oxygens (including phenoxy) is 1. The number of rotatable bonds is 8. The molecule has 1 aromatic carbocycles. The van der Waals surface area contributed by atoms with Gasteiger partial charge in [0.05, 0.1) is 13.2 Å². The zero-order valence-corrected chi connectivity index (χ0v) is 15.0. The van der Waals surface area contributed by atoms with Crippen LogP contribution < -0.4 is 5.32 Å². The molecule has 0 radical (unpaired) electrons. The highest BCUT2D eigenvalue weighted by Crippen LogP contribution is 2.17. The number of benzene rings is 1. The average molecular weight is 337 g/mol. The number of morpholine rings is 1. The van der Waals surface area contributed by atoms with E-state index in [4.69, 9.17) is 4.74 Å². The van der Waals surface area contributed by atoms with E-state index >= 15 is 0 Å². The molecular weight excluding hydrogens is 308 g/mol. The zero-order valence-electron chi connectivity index (χ0n) is 14.2. The van der Waals surface area contributed by atoms with Gasteiger partial charge in [0.15, 0.2) is 0 Å². The zero-order chi connectivity index (χ0) is 16.5. The van der Waals surface area contributed by atoms with Crippen molar-refractivity contribution < 1.29 is 9.53 Å². The normalized spacial score (nSPS) is 17.2. The molecule has 1 amide bonds. The van der Waals surface area contributed by atoms with Gasteiger partial charge in [0.2, 0.25) is 5.91 Å². The van der Waals surface area contributed by atoms with Crippen LogP contribution in [-0.2, 0) is 9.53 Å². The maximum absolute atomic E-state index is 12.1. The summed E-state index contributed by atoms with van der Waals surface area (Å²) in [6.07, 6.45) is 0.563. The second-order valence-corrected chi connectivity index (χ2v) is 7.34. The molecule has 0 aromatic heterocycles. The first-order chi connectivity index (χ1) is 11.2. The number of thioether (sulfide) groups is 1. The van der Waals surface area contributed by atoms with E-state index in [1.807, 2.05) is 18.2 Å². The number of hydrogen-bond donors (Lipinski definition) is 1. The van der Waals surface area contributed by atoms with Gasteiger partial charge >= 0.3 is 0 Å². The third kappa shape index (κ3) is 6.53. The van der Waals surface area contributed by atoms with Crippen molar-refractivity contribution in [3.8, 4) is 0 Å². The molecule has 1 atom stereocenters. The summed E-state index contributed by atoms with van der Waals surface area (Å²) in [6, 6.07) is 10.6. The van der Waals surface area contributed by atoms with Gasteiger partial charge in [-0.15, -0.1) is 11.8 Å². The van der Waals surface area contributed by atoms with Crippen LogP contribution in [0.15, 0.2) is 35.2 Å². The van der Waals surface area contributed by atoms with E-state index in [0.29, 0.717) is 18.4 Å². The molecule has 1 unspecified atom stereocenters. The maximum atomic E-state index is 12.1. The molecule has 1 N–H and O–H groups in total. The van der Waals surface area contributed by atoms with E-state index in [-0.39, 0.29) is 5.91 Å². The van der Waals surface area contributed by atoms with Crippen molar-refractivity contribution in [3.05, 3.63) is 30.3 Å². The molecule has 1 aliphatic rings. The Hall–Kier alpha value is -1.04. The molecule has 0 spiro atoms. The minimum absolute atomic E-state index is 0.146. The Morgan fingerprint density at radius 3 is 2.61 bits per heavy atom. The van der Waals surface area contributed by atoms with E-state index in [1.54, 1.807) is 11.8 Å². The standard InChI is InChI=1S/C18H28N2O2S/c1-15(2)17(20-9-11-22-12-10-20)14-19-18(21)8-13-23-16-6-4-3-5-7-16/h3-7,15,17H,8-14H2,1-2H3,(H,19,21). The van der Waals surface area contributed by atoms with Gasteiger partial charge in [0.1, 0.15) is 0 Å². The molecule has 1 aliphatic heterocycles. The largest absolute Gasteiger partial charge is 0.379 e. The Morgan fingerprint density at radius 2 is 1.96 bits per heavy atom. The first kappa shape index (κ1) is 18.3. The topological polar surface area (TPSA) is 41.6 Å². The quantitative estimate of drug-likeness (QED) is 0.741. The molecule has 4 nitrogen and oxygen atoms in total. The third-order valence-corrected chi connectivity index (χ3v) is 5.15. The number of carbonyl (C=O) groups is 1. The molecule has 1 heterocycles. The Kier molecular flexibility index (Phi) is 7.92. The van der Waals surface area contributed by atoms with Gasteiger partial charge in [0, 0.05) is 42.7 Å². The van der Waals surface area contributed by atoms with Gasteiger partial charge in [-0.1, -0.05) is 32.0 Å². The van der Waals surface area contributed by atoms with Crippen LogP contribution >= 0.6 is 11.8 Å². The number of hydrogen-bond acceptors (Lipinski definition) is 4. The van der Waals surface area contributed by atoms with Gasteiger partial charge in [-0.2, -0.15) is 0 Å². The summed E-state index contributed by atoms with van der Waals surface area (Å²) in [6.45, 7) is 8.68. The molecular formula is C18H28N2O2S. The molecule has 0 bridgehead atoms. The third-order valence-electron chi connectivity index (χ3n) is 4.13. The lowest BCUT2D eigenvalue weighted by molar-refractivity contribution is -0.121. The fourth-order valence-corrected chi connectivity index (χ4v) is 3.65. The predicted molar refractivity (Wildman–Crippen MR) is 95.8 cm³/mol. The van der Waals surface area contributed by atoms with Crippen molar-refractivity contribution in [3.63, 3.8) is 0 Å². The van der Waals surface area contributed by atoms with E-state index < -0.39 is 0 Å². The van der Waals surface area contributed by atoms with Crippen LogP contribution in [0.25, 0.3) is 0 Å². The minimum Gasteiger partial charge on any atom is -0.379 e. The Bertz CT molecular complexity index is 461. The first-order valence-electron chi connectivity index (χ1n) is 8.43. The van der Waals surface area contributed by atoms with Crippen LogP contribution in [0, 0.1) is 5.92 Å². The van der Waals surface area contributed by atoms with Crippen molar-refractivity contribution in [2.45, 2.75) is 31.2 Å². The van der Waals surface area contributed by atoms with Crippen LogP contribution in [0.2, 0.25) is 0 Å². The van der Waals surface area contributed by atoms with Crippen molar-refractivity contribution >= 4 is 17.7 Å². The number of amides is 1. The van der Waals surface area contributed by atoms with Gasteiger partial charge in [0.25, 0.3) is 0 Å². The summed E-state index contributed by atoms with van der Waals surface area (Å²) in [5.41, 5.74) is 0. The van der Waals surface area contributed by atoms with E-state index in [9.17, 15) is 4.79 Å². The molecule has 5 heteroatoms. The van der Waals surface area contributed by atoms with Crippen LogP contribution in [0.3, 0.4) is 0 Å². The molecule has 23 heavy (non-hydrogen) atoms.